The predicted molar refractivity (Wildman–Crippen MR) is 129 cm³/mol. The fourth-order valence-electron chi connectivity index (χ4n) is 3.85. The summed E-state index contributed by atoms with van der Waals surface area (Å²) in [7, 11) is -1.98. The van der Waals surface area contributed by atoms with Gasteiger partial charge in [0.1, 0.15) is 16.8 Å². The molecular weight excluding hydrogens is 371 g/mol. The van der Waals surface area contributed by atoms with Crippen molar-refractivity contribution < 1.29 is 4.52 Å². The lowest BCUT2D eigenvalue weighted by atomic mass is 10.1. The van der Waals surface area contributed by atoms with E-state index < -0.39 is 7.49 Å². The number of hydrogen-bond acceptors (Lipinski definition) is 1. The molecule has 0 N–H and O–H groups in total. The van der Waals surface area contributed by atoms with Gasteiger partial charge in [-0.05, 0) is 49.2 Å². The van der Waals surface area contributed by atoms with Crippen LogP contribution in [-0.4, -0.2) is 6.16 Å². The van der Waals surface area contributed by atoms with Crippen LogP contribution in [0.2, 0.25) is 0 Å². The highest BCUT2D eigenvalue weighted by Crippen LogP contribution is 2.57. The zero-order chi connectivity index (χ0) is 20.2. The van der Waals surface area contributed by atoms with E-state index in [2.05, 4.69) is 91.9 Å². The van der Waals surface area contributed by atoms with Gasteiger partial charge in [-0.2, -0.15) is 0 Å². The van der Waals surface area contributed by atoms with E-state index in [1.165, 1.54) is 55.6 Å². The highest BCUT2D eigenvalue weighted by Gasteiger charge is 2.46. The van der Waals surface area contributed by atoms with Gasteiger partial charge in [-0.1, -0.05) is 93.6 Å². The highest BCUT2D eigenvalue weighted by atomic mass is 31.2. The van der Waals surface area contributed by atoms with Crippen LogP contribution in [0.25, 0.3) is 0 Å². The first kappa shape index (κ1) is 21.6. The molecule has 29 heavy (non-hydrogen) atoms. The van der Waals surface area contributed by atoms with E-state index in [-0.39, 0.29) is 0 Å². The van der Waals surface area contributed by atoms with Gasteiger partial charge in [0.25, 0.3) is 7.49 Å². The number of para-hydroxylation sites is 1. The summed E-state index contributed by atoms with van der Waals surface area (Å²) in [6.07, 6.45) is 10.3. The summed E-state index contributed by atoms with van der Waals surface area (Å²) in [4.78, 5) is 0. The van der Waals surface area contributed by atoms with Crippen molar-refractivity contribution in [3.63, 3.8) is 0 Å². The third-order valence-corrected chi connectivity index (χ3v) is 9.16. The van der Waals surface area contributed by atoms with Crippen LogP contribution < -0.4 is 15.1 Å². The standard InChI is InChI=1S/C27H34OP/c1-2-3-4-5-6-7-17-24-29(26-20-13-9-14-21-26,27-22-15-10-16-23-27)28-25-18-11-8-12-19-25/h8-16,18-23H,2-7,17,24H2,1H3/q+1. The quantitative estimate of drug-likeness (QED) is 0.225. The molecule has 152 valence electrons. The van der Waals surface area contributed by atoms with Crippen molar-refractivity contribution in [3.8, 4) is 5.75 Å². The van der Waals surface area contributed by atoms with Gasteiger partial charge in [0.2, 0.25) is 0 Å². The summed E-state index contributed by atoms with van der Waals surface area (Å²) in [5.74, 6) is 0.969. The Morgan fingerprint density at radius 1 is 0.552 bits per heavy atom. The Morgan fingerprint density at radius 3 is 1.52 bits per heavy atom. The topological polar surface area (TPSA) is 9.23 Å². The van der Waals surface area contributed by atoms with Gasteiger partial charge in [-0.3, -0.25) is 0 Å². The molecule has 0 atom stereocenters. The molecule has 0 radical (unpaired) electrons. The molecule has 0 aliphatic rings. The first-order valence-corrected chi connectivity index (χ1v) is 13.0. The molecule has 0 aliphatic carbocycles. The minimum atomic E-state index is -1.98. The molecule has 3 rings (SSSR count). The van der Waals surface area contributed by atoms with Gasteiger partial charge in [-0.25, -0.2) is 0 Å². The van der Waals surface area contributed by atoms with Gasteiger partial charge in [0.15, 0.2) is 5.75 Å². The highest BCUT2D eigenvalue weighted by molar-refractivity contribution is 7.85. The van der Waals surface area contributed by atoms with Gasteiger partial charge >= 0.3 is 0 Å². The molecule has 0 aliphatic heterocycles. The summed E-state index contributed by atoms with van der Waals surface area (Å²) in [6.45, 7) is 2.28. The van der Waals surface area contributed by atoms with E-state index in [4.69, 9.17) is 4.52 Å². The maximum atomic E-state index is 6.93. The summed E-state index contributed by atoms with van der Waals surface area (Å²) in [6, 6.07) is 32.1. The minimum absolute atomic E-state index is 0.969. The molecule has 0 heterocycles. The lowest BCUT2D eigenvalue weighted by Gasteiger charge is -2.26. The van der Waals surface area contributed by atoms with Crippen molar-refractivity contribution >= 4 is 18.1 Å². The first-order valence-electron chi connectivity index (χ1n) is 11.1. The number of benzene rings is 3. The van der Waals surface area contributed by atoms with Crippen molar-refractivity contribution in [1.29, 1.82) is 0 Å². The second kappa shape index (κ2) is 11.8. The van der Waals surface area contributed by atoms with E-state index in [1.807, 2.05) is 6.07 Å². The summed E-state index contributed by atoms with van der Waals surface area (Å²) >= 11 is 0. The third-order valence-electron chi connectivity index (χ3n) is 5.43. The Labute approximate surface area is 177 Å². The number of rotatable bonds is 12. The summed E-state index contributed by atoms with van der Waals surface area (Å²) < 4.78 is 6.93. The van der Waals surface area contributed by atoms with Gasteiger partial charge < -0.3 is 4.52 Å². The third kappa shape index (κ3) is 6.18. The van der Waals surface area contributed by atoms with Crippen molar-refractivity contribution in [1.82, 2.24) is 0 Å². The van der Waals surface area contributed by atoms with Crippen LogP contribution in [0.15, 0.2) is 91.0 Å². The first-order chi connectivity index (χ1) is 14.3. The SMILES string of the molecule is CCCCCCCCC[P+](Oc1ccccc1)(c1ccccc1)c1ccccc1. The molecule has 0 fully saturated rings. The monoisotopic (exact) mass is 405 g/mol. The molecule has 0 spiro atoms. The fraction of sp³-hybridized carbons (Fsp3) is 0.333. The Balaban J connectivity index is 1.86. The molecule has 0 unspecified atom stereocenters. The van der Waals surface area contributed by atoms with Gasteiger partial charge in [-0.15, -0.1) is 0 Å². The lowest BCUT2D eigenvalue weighted by molar-refractivity contribution is 0.586. The molecular formula is C27H34OP+. The smallest absolute Gasteiger partial charge is 0.255 e. The van der Waals surface area contributed by atoms with Crippen molar-refractivity contribution in [2.24, 2.45) is 0 Å². The zero-order valence-corrected chi connectivity index (χ0v) is 18.6. The summed E-state index contributed by atoms with van der Waals surface area (Å²) in [5.41, 5.74) is 0. The summed E-state index contributed by atoms with van der Waals surface area (Å²) in [5, 5.41) is 2.67. The van der Waals surface area contributed by atoms with Crippen LogP contribution in [0.1, 0.15) is 51.9 Å². The fourth-order valence-corrected chi connectivity index (χ4v) is 7.42. The number of hydrogen-bond donors (Lipinski definition) is 0. The lowest BCUT2D eigenvalue weighted by Crippen LogP contribution is -2.29. The molecule has 0 bridgehead atoms. The normalized spacial score (nSPS) is 11.3. The zero-order valence-electron chi connectivity index (χ0n) is 17.7. The second-order valence-corrected chi connectivity index (χ2v) is 10.8. The van der Waals surface area contributed by atoms with Gasteiger partial charge in [0.05, 0.1) is 0 Å². The van der Waals surface area contributed by atoms with Crippen LogP contribution in [0.4, 0.5) is 0 Å². The van der Waals surface area contributed by atoms with Crippen molar-refractivity contribution in [2.75, 3.05) is 6.16 Å². The number of unbranched alkanes of at least 4 members (excludes halogenated alkanes) is 6. The van der Waals surface area contributed by atoms with E-state index in [0.717, 1.165) is 11.9 Å². The molecule has 3 aromatic rings. The molecule has 1 nitrogen and oxygen atoms in total. The van der Waals surface area contributed by atoms with E-state index in [0.29, 0.717) is 0 Å². The van der Waals surface area contributed by atoms with Crippen LogP contribution in [0.3, 0.4) is 0 Å². The molecule has 0 saturated heterocycles. The molecule has 0 amide bonds. The van der Waals surface area contributed by atoms with Crippen molar-refractivity contribution in [2.45, 2.75) is 51.9 Å². The average molecular weight is 406 g/mol. The maximum absolute atomic E-state index is 6.93. The average Bonchev–Trinajstić information content (AvgIpc) is 2.79. The van der Waals surface area contributed by atoms with Crippen LogP contribution in [0.5, 0.6) is 5.75 Å². The van der Waals surface area contributed by atoms with Crippen LogP contribution in [0, 0.1) is 0 Å². The molecule has 3 aromatic carbocycles. The maximum Gasteiger partial charge on any atom is 0.255 e. The van der Waals surface area contributed by atoms with Crippen molar-refractivity contribution in [3.05, 3.63) is 91.0 Å². The van der Waals surface area contributed by atoms with E-state index in [1.54, 1.807) is 0 Å². The van der Waals surface area contributed by atoms with E-state index >= 15 is 0 Å². The second-order valence-electron chi connectivity index (χ2n) is 7.66. The largest absolute Gasteiger partial charge is 0.340 e. The van der Waals surface area contributed by atoms with Gasteiger partial charge in [0, 0.05) is 0 Å². The Morgan fingerprint density at radius 2 is 1.00 bits per heavy atom. The Kier molecular flexibility index (Phi) is 8.78. The Bertz CT molecular complexity index is 762. The molecule has 2 heteroatoms. The molecule has 0 saturated carbocycles. The molecule has 0 aromatic heterocycles. The van der Waals surface area contributed by atoms with Crippen LogP contribution in [-0.2, 0) is 0 Å². The predicted octanol–water partition coefficient (Wildman–Crippen LogP) is 7.40. The Hall–Kier alpha value is -2.11. The van der Waals surface area contributed by atoms with Crippen LogP contribution >= 0.6 is 7.49 Å². The minimum Gasteiger partial charge on any atom is -0.340 e. The van der Waals surface area contributed by atoms with E-state index in [9.17, 15) is 0 Å².